The van der Waals surface area contributed by atoms with E-state index in [2.05, 4.69) is 46.2 Å². The Labute approximate surface area is 183 Å². The van der Waals surface area contributed by atoms with Crippen LogP contribution in [-0.4, -0.2) is 38.6 Å². The Hall–Kier alpha value is -2.89. The SMILES string of the molecule is Cc1cc(-c2ccc(N(C)[C@H]3C[C@]4(C)CC[C@](C)(C3)C4)nn2)c(O)cc1-c1cn[nH]c1. The molecule has 6 heteroatoms. The van der Waals surface area contributed by atoms with Gasteiger partial charge in [-0.25, -0.2) is 0 Å². The topological polar surface area (TPSA) is 77.9 Å². The molecule has 0 amide bonds. The molecule has 31 heavy (non-hydrogen) atoms. The third-order valence-electron chi connectivity index (χ3n) is 7.63. The molecule has 3 atom stereocenters. The van der Waals surface area contributed by atoms with Gasteiger partial charge in [-0.2, -0.15) is 5.10 Å². The monoisotopic (exact) mass is 417 g/mol. The molecule has 0 aliphatic heterocycles. The first kappa shape index (κ1) is 20.0. The van der Waals surface area contributed by atoms with Gasteiger partial charge in [0.15, 0.2) is 5.82 Å². The standard InChI is InChI=1S/C25H31N5O/c1-16-9-20(22(31)10-19(16)17-13-26-27-14-17)21-5-6-23(29-28-21)30(4)18-11-24(2)7-8-25(3,12-18)15-24/h5-6,9-10,13-14,18,31H,7-8,11-12,15H2,1-4H3,(H,26,27)/t18-,24-,25+. The average Bonchev–Trinajstić information content (AvgIpc) is 3.34. The lowest BCUT2D eigenvalue weighted by atomic mass is 9.68. The Bertz CT molecular complexity index is 1080. The fourth-order valence-electron chi connectivity index (χ4n) is 6.10. The number of aryl methyl sites for hydroxylation is 1. The van der Waals surface area contributed by atoms with Gasteiger partial charge in [0.2, 0.25) is 0 Å². The fourth-order valence-corrected chi connectivity index (χ4v) is 6.10. The molecule has 2 N–H and O–H groups in total. The second-order valence-electron chi connectivity index (χ2n) is 10.4. The van der Waals surface area contributed by atoms with Gasteiger partial charge in [0, 0.05) is 30.4 Å². The molecule has 162 valence electrons. The number of rotatable bonds is 4. The highest BCUT2D eigenvalue weighted by atomic mass is 16.3. The van der Waals surface area contributed by atoms with Crippen molar-refractivity contribution < 1.29 is 5.11 Å². The van der Waals surface area contributed by atoms with Crippen LogP contribution < -0.4 is 4.90 Å². The van der Waals surface area contributed by atoms with Gasteiger partial charge in [0.05, 0.1) is 11.9 Å². The zero-order chi connectivity index (χ0) is 21.8. The van der Waals surface area contributed by atoms with Gasteiger partial charge in [-0.05, 0) is 85.3 Å². The minimum atomic E-state index is 0.196. The van der Waals surface area contributed by atoms with Crippen LogP contribution in [0.15, 0.2) is 36.7 Å². The molecule has 0 saturated heterocycles. The lowest BCUT2D eigenvalue weighted by Gasteiger charge is -2.44. The number of phenolic OH excluding ortho intramolecular Hbond substituents is 1. The van der Waals surface area contributed by atoms with Gasteiger partial charge >= 0.3 is 0 Å². The third kappa shape index (κ3) is 3.58. The van der Waals surface area contributed by atoms with Crippen LogP contribution in [0.25, 0.3) is 22.4 Å². The summed E-state index contributed by atoms with van der Waals surface area (Å²) in [5, 5.41) is 26.5. The van der Waals surface area contributed by atoms with Crippen LogP contribution >= 0.6 is 0 Å². The molecule has 1 aromatic carbocycles. The third-order valence-corrected chi connectivity index (χ3v) is 7.63. The minimum Gasteiger partial charge on any atom is -0.507 e. The van der Waals surface area contributed by atoms with Crippen LogP contribution in [-0.2, 0) is 0 Å². The summed E-state index contributed by atoms with van der Waals surface area (Å²) in [5.74, 6) is 1.09. The highest BCUT2D eigenvalue weighted by Gasteiger charge is 2.49. The van der Waals surface area contributed by atoms with Crippen LogP contribution in [0.1, 0.15) is 51.5 Å². The van der Waals surface area contributed by atoms with E-state index in [9.17, 15) is 5.11 Å². The number of aromatic amines is 1. The summed E-state index contributed by atoms with van der Waals surface area (Å²) in [6.45, 7) is 6.93. The second-order valence-corrected chi connectivity index (χ2v) is 10.4. The maximum absolute atomic E-state index is 10.7. The molecule has 2 aromatic heterocycles. The van der Waals surface area contributed by atoms with Gasteiger partial charge in [0.25, 0.3) is 0 Å². The van der Waals surface area contributed by atoms with E-state index in [1.165, 1.54) is 32.1 Å². The molecule has 2 bridgehead atoms. The smallest absolute Gasteiger partial charge is 0.151 e. The van der Waals surface area contributed by atoms with E-state index in [1.807, 2.05) is 31.3 Å². The summed E-state index contributed by atoms with van der Waals surface area (Å²) >= 11 is 0. The molecule has 2 fully saturated rings. The van der Waals surface area contributed by atoms with Crippen molar-refractivity contribution in [2.24, 2.45) is 10.8 Å². The summed E-state index contributed by atoms with van der Waals surface area (Å²) in [7, 11) is 2.15. The number of aromatic nitrogens is 4. The maximum Gasteiger partial charge on any atom is 0.151 e. The number of hydrogen-bond donors (Lipinski definition) is 2. The van der Waals surface area contributed by atoms with Crippen molar-refractivity contribution in [3.63, 3.8) is 0 Å². The fraction of sp³-hybridized carbons (Fsp3) is 0.480. The van der Waals surface area contributed by atoms with E-state index in [0.29, 0.717) is 28.1 Å². The Morgan fingerprint density at radius 1 is 1.06 bits per heavy atom. The predicted octanol–water partition coefficient (Wildman–Crippen LogP) is 5.34. The summed E-state index contributed by atoms with van der Waals surface area (Å²) in [5.41, 5.74) is 5.25. The number of nitrogens with one attached hydrogen (secondary N) is 1. The Kier molecular flexibility index (Phi) is 4.57. The van der Waals surface area contributed by atoms with Crippen molar-refractivity contribution in [3.05, 3.63) is 42.2 Å². The summed E-state index contributed by atoms with van der Waals surface area (Å²) in [6, 6.07) is 8.23. The number of H-pyrrole nitrogens is 1. The zero-order valence-corrected chi connectivity index (χ0v) is 18.8. The zero-order valence-electron chi connectivity index (χ0n) is 18.8. The molecular formula is C25H31N5O. The first-order valence-corrected chi connectivity index (χ1v) is 11.2. The van der Waals surface area contributed by atoms with Crippen LogP contribution in [0.4, 0.5) is 5.82 Å². The number of fused-ring (bicyclic) bond motifs is 2. The van der Waals surface area contributed by atoms with E-state index >= 15 is 0 Å². The van der Waals surface area contributed by atoms with E-state index in [-0.39, 0.29) is 5.75 Å². The Morgan fingerprint density at radius 3 is 2.42 bits per heavy atom. The van der Waals surface area contributed by atoms with Crippen molar-refractivity contribution in [1.29, 1.82) is 0 Å². The van der Waals surface area contributed by atoms with Crippen molar-refractivity contribution in [2.75, 3.05) is 11.9 Å². The highest BCUT2D eigenvalue weighted by Crippen LogP contribution is 2.58. The number of anilines is 1. The molecule has 0 unspecified atom stereocenters. The first-order chi connectivity index (χ1) is 14.8. The predicted molar refractivity (Wildman–Crippen MR) is 123 cm³/mol. The molecule has 2 heterocycles. The van der Waals surface area contributed by atoms with E-state index in [4.69, 9.17) is 0 Å². The van der Waals surface area contributed by atoms with Crippen molar-refractivity contribution >= 4 is 5.82 Å². The van der Waals surface area contributed by atoms with Gasteiger partial charge in [-0.1, -0.05) is 13.8 Å². The lowest BCUT2D eigenvalue weighted by Crippen LogP contribution is -2.42. The van der Waals surface area contributed by atoms with Crippen molar-refractivity contribution in [2.45, 2.75) is 58.9 Å². The molecule has 2 aliphatic carbocycles. The number of hydrogen-bond acceptors (Lipinski definition) is 5. The maximum atomic E-state index is 10.7. The first-order valence-electron chi connectivity index (χ1n) is 11.2. The van der Waals surface area contributed by atoms with Crippen LogP contribution in [0, 0.1) is 17.8 Å². The molecule has 5 rings (SSSR count). The van der Waals surface area contributed by atoms with Gasteiger partial charge < -0.3 is 10.0 Å². The highest BCUT2D eigenvalue weighted by molar-refractivity contribution is 5.76. The normalized spacial score (nSPS) is 27.4. The molecular weight excluding hydrogens is 386 g/mol. The molecule has 6 nitrogen and oxygen atoms in total. The molecule has 2 saturated carbocycles. The summed E-state index contributed by atoms with van der Waals surface area (Å²) in [6.07, 6.45) is 10.0. The van der Waals surface area contributed by atoms with Crippen LogP contribution in [0.3, 0.4) is 0 Å². The van der Waals surface area contributed by atoms with E-state index in [1.54, 1.807) is 12.3 Å². The van der Waals surface area contributed by atoms with E-state index < -0.39 is 0 Å². The lowest BCUT2D eigenvalue weighted by molar-refractivity contribution is 0.148. The number of phenols is 1. The number of nitrogens with zero attached hydrogens (tertiary/aromatic N) is 4. The van der Waals surface area contributed by atoms with Crippen molar-refractivity contribution in [1.82, 2.24) is 20.4 Å². The minimum absolute atomic E-state index is 0.196. The van der Waals surface area contributed by atoms with Gasteiger partial charge in [-0.3, -0.25) is 5.10 Å². The Balaban J connectivity index is 1.39. The summed E-state index contributed by atoms with van der Waals surface area (Å²) < 4.78 is 0. The second kappa shape index (κ2) is 7.08. The molecule has 2 aliphatic rings. The van der Waals surface area contributed by atoms with Gasteiger partial charge in [-0.15, -0.1) is 10.2 Å². The van der Waals surface area contributed by atoms with Crippen LogP contribution in [0.2, 0.25) is 0 Å². The average molecular weight is 418 g/mol. The Morgan fingerprint density at radius 2 is 1.81 bits per heavy atom. The number of benzene rings is 1. The molecule has 3 aromatic rings. The summed E-state index contributed by atoms with van der Waals surface area (Å²) in [4.78, 5) is 2.31. The van der Waals surface area contributed by atoms with Gasteiger partial charge in [0.1, 0.15) is 5.75 Å². The van der Waals surface area contributed by atoms with Crippen molar-refractivity contribution in [3.8, 4) is 28.1 Å². The quantitative estimate of drug-likeness (QED) is 0.599. The largest absolute Gasteiger partial charge is 0.507 e. The number of aromatic hydroxyl groups is 1. The van der Waals surface area contributed by atoms with Crippen LogP contribution in [0.5, 0.6) is 5.75 Å². The molecule has 0 radical (unpaired) electrons. The molecule has 0 spiro atoms. The van der Waals surface area contributed by atoms with E-state index in [0.717, 1.165) is 22.5 Å².